The molecule has 0 heterocycles. The van der Waals surface area contributed by atoms with Crippen LogP contribution in [0, 0.1) is 0 Å². The van der Waals surface area contributed by atoms with Gasteiger partial charge in [0.2, 0.25) is 0 Å². The average Bonchev–Trinajstić information content (AvgIpc) is 2.40. The Labute approximate surface area is 104 Å². The Hall–Kier alpha value is -0.770. The van der Waals surface area contributed by atoms with Crippen LogP contribution in [0.5, 0.6) is 0 Å². The summed E-state index contributed by atoms with van der Waals surface area (Å²) in [6, 6.07) is 0.227. The first kappa shape index (κ1) is 14.3. The lowest BCUT2D eigenvalue weighted by atomic mass is 10.1. The molecule has 4 heteroatoms. The molecule has 1 rings (SSSR count). The molecular weight excluding hydrogens is 218 g/mol. The third-order valence-electron chi connectivity index (χ3n) is 2.97. The highest BCUT2D eigenvalue weighted by atomic mass is 16.6. The molecule has 0 aliphatic heterocycles. The minimum absolute atomic E-state index is 0.227. The van der Waals surface area contributed by atoms with E-state index >= 15 is 0 Å². The van der Waals surface area contributed by atoms with Crippen molar-refractivity contribution in [1.29, 1.82) is 0 Å². The smallest absolute Gasteiger partial charge is 0.407 e. The Morgan fingerprint density at radius 2 is 1.88 bits per heavy atom. The van der Waals surface area contributed by atoms with Crippen LogP contribution < -0.4 is 5.32 Å². The van der Waals surface area contributed by atoms with Crippen molar-refractivity contribution in [3.8, 4) is 0 Å². The highest BCUT2D eigenvalue weighted by Crippen LogP contribution is 2.20. The molecule has 0 spiro atoms. The maximum Gasteiger partial charge on any atom is 0.407 e. The number of nitrogens with one attached hydrogen (secondary N) is 1. The van der Waals surface area contributed by atoms with E-state index in [0.29, 0.717) is 6.10 Å². The van der Waals surface area contributed by atoms with Gasteiger partial charge in [-0.1, -0.05) is 0 Å². The lowest BCUT2D eigenvalue weighted by molar-refractivity contribution is 0.0495. The molecule has 100 valence electrons. The van der Waals surface area contributed by atoms with Crippen molar-refractivity contribution < 1.29 is 14.3 Å². The maximum absolute atomic E-state index is 11.6. The third kappa shape index (κ3) is 5.91. The zero-order chi connectivity index (χ0) is 12.9. The summed E-state index contributed by atoms with van der Waals surface area (Å²) in [6.07, 6.45) is 5.22. The van der Waals surface area contributed by atoms with Gasteiger partial charge >= 0.3 is 6.09 Å². The zero-order valence-corrected chi connectivity index (χ0v) is 11.4. The van der Waals surface area contributed by atoms with Crippen molar-refractivity contribution in [2.45, 2.75) is 70.6 Å². The number of rotatable bonds is 2. The Kier molecular flexibility index (Phi) is 5.25. The standard InChI is InChI=1S/C13H25NO3/c1-13(2,3)17-12(15)14-10-6-5-7-11(16-4)9-8-10/h10-11H,5-9H2,1-4H3,(H,14,15)/t10-,11+/m0/s1. The molecule has 4 nitrogen and oxygen atoms in total. The number of hydrogen-bond donors (Lipinski definition) is 1. The number of alkyl carbamates (subject to hydrolysis) is 1. The molecule has 0 aromatic rings. The van der Waals surface area contributed by atoms with Crippen LogP contribution in [0.2, 0.25) is 0 Å². The summed E-state index contributed by atoms with van der Waals surface area (Å²) in [7, 11) is 1.76. The average molecular weight is 243 g/mol. The van der Waals surface area contributed by atoms with Crippen molar-refractivity contribution >= 4 is 6.09 Å². The second-order valence-electron chi connectivity index (χ2n) is 5.71. The molecule has 1 amide bonds. The molecular formula is C13H25NO3. The van der Waals surface area contributed by atoms with Crippen LogP contribution in [0.25, 0.3) is 0 Å². The van der Waals surface area contributed by atoms with E-state index in [1.807, 2.05) is 20.8 Å². The molecule has 1 fully saturated rings. The lowest BCUT2D eigenvalue weighted by Gasteiger charge is -2.23. The summed E-state index contributed by atoms with van der Waals surface area (Å²) in [6.45, 7) is 5.63. The van der Waals surface area contributed by atoms with Crippen LogP contribution in [0.1, 0.15) is 52.9 Å². The quantitative estimate of drug-likeness (QED) is 0.759. The number of carbonyl (C=O) groups excluding carboxylic acids is 1. The van der Waals surface area contributed by atoms with E-state index in [1.54, 1.807) is 7.11 Å². The van der Waals surface area contributed by atoms with Gasteiger partial charge in [0.1, 0.15) is 5.60 Å². The SMILES string of the molecule is CO[C@@H]1CCC[C@H](NC(=O)OC(C)(C)C)CC1. The van der Waals surface area contributed by atoms with E-state index in [-0.39, 0.29) is 12.1 Å². The molecule has 1 N–H and O–H groups in total. The summed E-state index contributed by atoms with van der Waals surface area (Å²) >= 11 is 0. The van der Waals surface area contributed by atoms with Crippen LogP contribution in [0.3, 0.4) is 0 Å². The molecule has 17 heavy (non-hydrogen) atoms. The molecule has 0 aromatic heterocycles. The van der Waals surface area contributed by atoms with E-state index in [4.69, 9.17) is 9.47 Å². The van der Waals surface area contributed by atoms with Gasteiger partial charge in [0, 0.05) is 13.2 Å². The Bertz CT molecular complexity index is 248. The highest BCUT2D eigenvalue weighted by Gasteiger charge is 2.22. The largest absolute Gasteiger partial charge is 0.444 e. The summed E-state index contributed by atoms with van der Waals surface area (Å²) < 4.78 is 10.6. The van der Waals surface area contributed by atoms with E-state index < -0.39 is 5.60 Å². The predicted octanol–water partition coefficient (Wildman–Crippen LogP) is 2.86. The molecule has 0 unspecified atom stereocenters. The van der Waals surface area contributed by atoms with E-state index in [9.17, 15) is 4.79 Å². The first-order chi connectivity index (χ1) is 7.90. The molecule has 1 saturated carbocycles. The minimum Gasteiger partial charge on any atom is -0.444 e. The number of methoxy groups -OCH3 is 1. The van der Waals surface area contributed by atoms with Gasteiger partial charge in [-0.05, 0) is 52.9 Å². The molecule has 0 saturated heterocycles. The fourth-order valence-corrected chi connectivity index (χ4v) is 2.12. The fraction of sp³-hybridized carbons (Fsp3) is 0.923. The van der Waals surface area contributed by atoms with Gasteiger partial charge in [-0.15, -0.1) is 0 Å². The molecule has 0 aromatic carbocycles. The fourth-order valence-electron chi connectivity index (χ4n) is 2.12. The second-order valence-corrected chi connectivity index (χ2v) is 5.71. The van der Waals surface area contributed by atoms with Crippen LogP contribution in [-0.4, -0.2) is 30.9 Å². The van der Waals surface area contributed by atoms with Crippen LogP contribution in [0.15, 0.2) is 0 Å². The van der Waals surface area contributed by atoms with Crippen LogP contribution in [0.4, 0.5) is 4.79 Å². The van der Waals surface area contributed by atoms with Crippen molar-refractivity contribution in [2.24, 2.45) is 0 Å². The summed E-state index contributed by atoms with van der Waals surface area (Å²) in [5.74, 6) is 0. The summed E-state index contributed by atoms with van der Waals surface area (Å²) in [4.78, 5) is 11.6. The summed E-state index contributed by atoms with van der Waals surface area (Å²) in [5, 5.41) is 2.94. The molecule has 1 aliphatic carbocycles. The predicted molar refractivity (Wildman–Crippen MR) is 67.0 cm³/mol. The van der Waals surface area contributed by atoms with Crippen molar-refractivity contribution in [2.75, 3.05) is 7.11 Å². The van der Waals surface area contributed by atoms with Gasteiger partial charge in [-0.3, -0.25) is 0 Å². The Morgan fingerprint density at radius 3 is 2.47 bits per heavy atom. The van der Waals surface area contributed by atoms with Crippen molar-refractivity contribution in [3.63, 3.8) is 0 Å². The van der Waals surface area contributed by atoms with Gasteiger partial charge in [-0.2, -0.15) is 0 Å². The van der Waals surface area contributed by atoms with Gasteiger partial charge in [-0.25, -0.2) is 4.79 Å². The minimum atomic E-state index is -0.427. The monoisotopic (exact) mass is 243 g/mol. The van der Waals surface area contributed by atoms with E-state index in [2.05, 4.69) is 5.32 Å². The highest BCUT2D eigenvalue weighted by molar-refractivity contribution is 5.68. The van der Waals surface area contributed by atoms with E-state index in [0.717, 1.165) is 32.1 Å². The van der Waals surface area contributed by atoms with Crippen molar-refractivity contribution in [1.82, 2.24) is 5.32 Å². The Balaban J connectivity index is 2.34. The first-order valence-electron chi connectivity index (χ1n) is 6.43. The normalized spacial score (nSPS) is 26.1. The van der Waals surface area contributed by atoms with Crippen LogP contribution in [-0.2, 0) is 9.47 Å². The third-order valence-corrected chi connectivity index (χ3v) is 2.97. The number of amides is 1. The number of hydrogen-bond acceptors (Lipinski definition) is 3. The van der Waals surface area contributed by atoms with Crippen LogP contribution >= 0.6 is 0 Å². The molecule has 2 atom stereocenters. The maximum atomic E-state index is 11.6. The van der Waals surface area contributed by atoms with Gasteiger partial charge in [0.05, 0.1) is 6.10 Å². The molecule has 0 bridgehead atoms. The van der Waals surface area contributed by atoms with Gasteiger partial charge in [0.25, 0.3) is 0 Å². The summed E-state index contributed by atoms with van der Waals surface area (Å²) in [5.41, 5.74) is -0.427. The molecule has 0 radical (unpaired) electrons. The van der Waals surface area contributed by atoms with Crippen molar-refractivity contribution in [3.05, 3.63) is 0 Å². The first-order valence-corrected chi connectivity index (χ1v) is 6.43. The zero-order valence-electron chi connectivity index (χ0n) is 11.4. The van der Waals surface area contributed by atoms with Gasteiger partial charge in [0.15, 0.2) is 0 Å². The van der Waals surface area contributed by atoms with E-state index in [1.165, 1.54) is 0 Å². The topological polar surface area (TPSA) is 47.6 Å². The van der Waals surface area contributed by atoms with Gasteiger partial charge < -0.3 is 14.8 Å². The Morgan fingerprint density at radius 1 is 1.18 bits per heavy atom. The number of ether oxygens (including phenoxy) is 2. The lowest BCUT2D eigenvalue weighted by Crippen LogP contribution is -2.38. The molecule has 1 aliphatic rings. The second kappa shape index (κ2) is 6.24. The number of carbonyl (C=O) groups is 1.